The summed E-state index contributed by atoms with van der Waals surface area (Å²) in [6, 6.07) is 14.2. The van der Waals surface area contributed by atoms with Gasteiger partial charge in [-0.15, -0.1) is 0 Å². The highest BCUT2D eigenvalue weighted by molar-refractivity contribution is 6.21. The molecule has 1 saturated carbocycles. The third-order valence-electron chi connectivity index (χ3n) is 7.37. The predicted octanol–water partition coefficient (Wildman–Crippen LogP) is 4.24. The molecule has 4 amide bonds. The summed E-state index contributed by atoms with van der Waals surface area (Å²) >= 11 is 0. The molecule has 7 nitrogen and oxygen atoms in total. The first-order valence-electron chi connectivity index (χ1n) is 13.0. The fourth-order valence-electron chi connectivity index (χ4n) is 5.10. The summed E-state index contributed by atoms with van der Waals surface area (Å²) in [7, 11) is 0. The van der Waals surface area contributed by atoms with Crippen LogP contribution < -0.4 is 5.32 Å². The maximum Gasteiger partial charge on any atom is 0.261 e. The number of hydrogen-bond donors (Lipinski definition) is 1. The number of carbonyl (C=O) groups is 4. The SMILES string of the molecule is Cc1ccccc1CN(C(=O)CCCN1C(=O)c2ccccc2C1=O)[C@H](C)C(=O)NC1CCCCC1. The van der Waals surface area contributed by atoms with Crippen LogP contribution >= 0.6 is 0 Å². The van der Waals surface area contributed by atoms with Gasteiger partial charge in [0, 0.05) is 25.6 Å². The second-order valence-electron chi connectivity index (χ2n) is 9.88. The van der Waals surface area contributed by atoms with Crippen LogP contribution in [0.3, 0.4) is 0 Å². The Hall–Kier alpha value is -3.48. The maximum absolute atomic E-state index is 13.4. The van der Waals surface area contributed by atoms with Crippen LogP contribution in [0, 0.1) is 6.92 Å². The molecule has 0 aromatic heterocycles. The van der Waals surface area contributed by atoms with E-state index in [1.807, 2.05) is 31.2 Å². The number of nitrogens with one attached hydrogen (secondary N) is 1. The fourth-order valence-corrected chi connectivity index (χ4v) is 5.10. The lowest BCUT2D eigenvalue weighted by molar-refractivity contribution is -0.141. The van der Waals surface area contributed by atoms with Crippen molar-refractivity contribution in [3.63, 3.8) is 0 Å². The van der Waals surface area contributed by atoms with Gasteiger partial charge in [0.1, 0.15) is 6.04 Å². The molecule has 1 aliphatic heterocycles. The van der Waals surface area contributed by atoms with Crippen molar-refractivity contribution >= 4 is 23.6 Å². The van der Waals surface area contributed by atoms with Gasteiger partial charge in [-0.05, 0) is 56.4 Å². The van der Waals surface area contributed by atoms with E-state index in [1.54, 1.807) is 36.1 Å². The van der Waals surface area contributed by atoms with Crippen molar-refractivity contribution in [3.8, 4) is 0 Å². The molecule has 4 rings (SSSR count). The molecule has 190 valence electrons. The Bertz CT molecular complexity index is 1100. The predicted molar refractivity (Wildman–Crippen MR) is 137 cm³/mol. The van der Waals surface area contributed by atoms with Crippen LogP contribution in [-0.2, 0) is 16.1 Å². The molecule has 1 N–H and O–H groups in total. The first-order chi connectivity index (χ1) is 17.4. The molecular weight excluding hydrogens is 454 g/mol. The van der Waals surface area contributed by atoms with E-state index in [0.717, 1.165) is 36.8 Å². The lowest BCUT2D eigenvalue weighted by atomic mass is 9.95. The average Bonchev–Trinajstić information content (AvgIpc) is 3.13. The van der Waals surface area contributed by atoms with E-state index >= 15 is 0 Å². The number of amides is 4. The number of rotatable bonds is 9. The van der Waals surface area contributed by atoms with Gasteiger partial charge >= 0.3 is 0 Å². The van der Waals surface area contributed by atoms with Crippen LogP contribution in [0.4, 0.5) is 0 Å². The first kappa shape index (κ1) is 25.6. The molecule has 0 radical (unpaired) electrons. The third kappa shape index (κ3) is 5.66. The minimum Gasteiger partial charge on any atom is -0.352 e. The largest absolute Gasteiger partial charge is 0.352 e. The van der Waals surface area contributed by atoms with Gasteiger partial charge in [0.2, 0.25) is 11.8 Å². The fraction of sp³-hybridized carbons (Fsp3) is 0.448. The molecule has 0 unspecified atom stereocenters. The van der Waals surface area contributed by atoms with E-state index in [1.165, 1.54) is 11.3 Å². The van der Waals surface area contributed by atoms with Crippen LogP contribution in [0.15, 0.2) is 48.5 Å². The molecule has 0 bridgehead atoms. The van der Waals surface area contributed by atoms with Crippen LogP contribution in [0.2, 0.25) is 0 Å². The van der Waals surface area contributed by atoms with E-state index in [0.29, 0.717) is 24.1 Å². The third-order valence-corrected chi connectivity index (χ3v) is 7.37. The number of imide groups is 1. The molecule has 1 heterocycles. The molecule has 2 aliphatic rings. The van der Waals surface area contributed by atoms with Crippen molar-refractivity contribution in [2.75, 3.05) is 6.54 Å². The van der Waals surface area contributed by atoms with Gasteiger partial charge in [-0.25, -0.2) is 0 Å². The smallest absolute Gasteiger partial charge is 0.261 e. The maximum atomic E-state index is 13.4. The van der Waals surface area contributed by atoms with Crippen LogP contribution in [0.1, 0.15) is 83.7 Å². The van der Waals surface area contributed by atoms with Gasteiger partial charge in [-0.3, -0.25) is 24.1 Å². The topological polar surface area (TPSA) is 86.8 Å². The molecule has 2 aromatic carbocycles. The molecule has 7 heteroatoms. The number of nitrogens with zero attached hydrogens (tertiary/aromatic N) is 2. The highest BCUT2D eigenvalue weighted by atomic mass is 16.2. The summed E-state index contributed by atoms with van der Waals surface area (Å²) < 4.78 is 0. The van der Waals surface area contributed by atoms with Crippen molar-refractivity contribution in [2.45, 2.75) is 77.4 Å². The summed E-state index contributed by atoms with van der Waals surface area (Å²) in [4.78, 5) is 54.7. The van der Waals surface area contributed by atoms with Crippen LogP contribution in [0.25, 0.3) is 0 Å². The highest BCUT2D eigenvalue weighted by Crippen LogP contribution is 2.23. The second-order valence-corrected chi connectivity index (χ2v) is 9.88. The zero-order valence-electron chi connectivity index (χ0n) is 21.2. The normalized spacial score (nSPS) is 16.6. The molecule has 0 saturated heterocycles. The van der Waals surface area contributed by atoms with Crippen molar-refractivity contribution in [3.05, 3.63) is 70.8 Å². The molecule has 1 fully saturated rings. The number of fused-ring (bicyclic) bond motifs is 1. The Labute approximate surface area is 212 Å². The summed E-state index contributed by atoms with van der Waals surface area (Å²) in [5, 5.41) is 3.15. The van der Waals surface area contributed by atoms with Crippen molar-refractivity contribution < 1.29 is 19.2 Å². The zero-order chi connectivity index (χ0) is 25.7. The molecule has 36 heavy (non-hydrogen) atoms. The summed E-state index contributed by atoms with van der Waals surface area (Å²) in [6.07, 6.45) is 5.86. The lowest BCUT2D eigenvalue weighted by Crippen LogP contribution is -2.50. The summed E-state index contributed by atoms with van der Waals surface area (Å²) in [5.74, 6) is -0.939. The van der Waals surface area contributed by atoms with Gasteiger partial charge in [0.15, 0.2) is 0 Å². The number of hydrogen-bond acceptors (Lipinski definition) is 4. The van der Waals surface area contributed by atoms with Gasteiger partial charge < -0.3 is 10.2 Å². The van der Waals surface area contributed by atoms with E-state index in [9.17, 15) is 19.2 Å². The average molecular weight is 490 g/mol. The van der Waals surface area contributed by atoms with Gasteiger partial charge in [0.05, 0.1) is 11.1 Å². The molecule has 2 aromatic rings. The summed E-state index contributed by atoms with van der Waals surface area (Å²) in [5.41, 5.74) is 2.86. The van der Waals surface area contributed by atoms with E-state index in [-0.39, 0.29) is 42.6 Å². The Kier molecular flexibility index (Phi) is 8.18. The van der Waals surface area contributed by atoms with Crippen LogP contribution in [-0.4, -0.2) is 52.1 Å². The zero-order valence-corrected chi connectivity index (χ0v) is 21.2. The first-order valence-corrected chi connectivity index (χ1v) is 13.0. The second kappa shape index (κ2) is 11.5. The van der Waals surface area contributed by atoms with E-state index in [4.69, 9.17) is 0 Å². The van der Waals surface area contributed by atoms with E-state index < -0.39 is 6.04 Å². The van der Waals surface area contributed by atoms with Gasteiger partial charge in [-0.2, -0.15) is 0 Å². The number of carbonyl (C=O) groups excluding carboxylic acids is 4. The summed E-state index contributed by atoms with van der Waals surface area (Å²) in [6.45, 7) is 4.27. The van der Waals surface area contributed by atoms with Crippen molar-refractivity contribution in [1.29, 1.82) is 0 Å². The highest BCUT2D eigenvalue weighted by Gasteiger charge is 2.35. The Balaban J connectivity index is 1.41. The number of aryl methyl sites for hydroxylation is 1. The quantitative estimate of drug-likeness (QED) is 0.534. The minimum atomic E-state index is -0.627. The monoisotopic (exact) mass is 489 g/mol. The molecule has 1 atom stereocenters. The van der Waals surface area contributed by atoms with E-state index in [2.05, 4.69) is 5.32 Å². The standard InChI is InChI=1S/C29H35N3O4/c1-20-11-6-7-12-22(20)19-32(21(2)27(34)30-23-13-4-3-5-14-23)26(33)17-10-18-31-28(35)24-15-8-9-16-25(24)29(31)36/h6-9,11-12,15-16,21,23H,3-5,10,13-14,17-19H2,1-2H3,(H,30,34)/t21-/m1/s1. The lowest BCUT2D eigenvalue weighted by Gasteiger charge is -2.31. The van der Waals surface area contributed by atoms with Crippen molar-refractivity contribution in [2.24, 2.45) is 0 Å². The molecular formula is C29H35N3O4. The molecule has 0 spiro atoms. The van der Waals surface area contributed by atoms with Gasteiger partial charge in [0.25, 0.3) is 11.8 Å². The Morgan fingerprint density at radius 3 is 2.22 bits per heavy atom. The Morgan fingerprint density at radius 1 is 0.972 bits per heavy atom. The Morgan fingerprint density at radius 2 is 1.58 bits per heavy atom. The molecule has 1 aliphatic carbocycles. The van der Waals surface area contributed by atoms with Crippen molar-refractivity contribution in [1.82, 2.24) is 15.1 Å². The minimum absolute atomic E-state index is 0.135. The van der Waals surface area contributed by atoms with Gasteiger partial charge in [-0.1, -0.05) is 55.7 Å². The van der Waals surface area contributed by atoms with Crippen LogP contribution in [0.5, 0.6) is 0 Å². The number of benzene rings is 2.